The van der Waals surface area contributed by atoms with Crippen LogP contribution in [0.3, 0.4) is 0 Å². The highest BCUT2D eigenvalue weighted by atomic mass is 16.5. The van der Waals surface area contributed by atoms with E-state index >= 15 is 0 Å². The van der Waals surface area contributed by atoms with Gasteiger partial charge in [-0.25, -0.2) is 0 Å². The van der Waals surface area contributed by atoms with Crippen molar-refractivity contribution < 1.29 is 24.2 Å². The fourth-order valence-electron chi connectivity index (χ4n) is 3.16. The lowest BCUT2D eigenvalue weighted by Crippen LogP contribution is -2.49. The molecule has 1 aliphatic heterocycles. The number of likely N-dealkylation sites (tertiary alicyclic amines) is 1. The smallest absolute Gasteiger partial charge is 0.303 e. The Kier molecular flexibility index (Phi) is 6.56. The second-order valence-corrected chi connectivity index (χ2v) is 6.46. The number of benzene rings is 1. The Morgan fingerprint density at radius 2 is 2.08 bits per heavy atom. The number of ether oxygens (including phenoxy) is 1. The van der Waals surface area contributed by atoms with E-state index in [0.717, 1.165) is 19.3 Å². The minimum absolute atomic E-state index is 0.0491. The molecule has 0 radical (unpaired) electrons. The van der Waals surface area contributed by atoms with Gasteiger partial charge in [0.2, 0.25) is 0 Å². The topological polar surface area (TPSA) is 83.9 Å². The van der Waals surface area contributed by atoms with Gasteiger partial charge in [0.05, 0.1) is 0 Å². The summed E-state index contributed by atoms with van der Waals surface area (Å²) in [6.45, 7) is 3.80. The molecule has 2 atom stereocenters. The van der Waals surface area contributed by atoms with Crippen LogP contribution in [0.2, 0.25) is 0 Å². The number of carboxylic acids is 1. The lowest BCUT2D eigenvalue weighted by molar-refractivity contribution is -0.144. The molecule has 1 aliphatic rings. The lowest BCUT2D eigenvalue weighted by Gasteiger charge is -2.37. The fraction of sp³-hybridized carbons (Fsp3) is 0.526. The summed E-state index contributed by atoms with van der Waals surface area (Å²) in [5.41, 5.74) is 0.537. The fourth-order valence-corrected chi connectivity index (χ4v) is 3.16. The van der Waals surface area contributed by atoms with Gasteiger partial charge in [-0.05, 0) is 51.7 Å². The number of carbonyl (C=O) groups is 3. The van der Waals surface area contributed by atoms with E-state index in [1.54, 1.807) is 36.1 Å². The van der Waals surface area contributed by atoms with Gasteiger partial charge in [-0.2, -0.15) is 0 Å². The van der Waals surface area contributed by atoms with Crippen LogP contribution in [0.1, 0.15) is 56.3 Å². The van der Waals surface area contributed by atoms with Crippen molar-refractivity contribution in [2.75, 3.05) is 6.54 Å². The first-order valence-corrected chi connectivity index (χ1v) is 8.68. The van der Waals surface area contributed by atoms with Crippen molar-refractivity contribution in [2.45, 2.75) is 58.1 Å². The molecule has 0 aromatic heterocycles. The molecule has 25 heavy (non-hydrogen) atoms. The van der Waals surface area contributed by atoms with E-state index in [4.69, 9.17) is 9.84 Å². The first-order chi connectivity index (χ1) is 11.9. The first kappa shape index (κ1) is 19.0. The first-order valence-electron chi connectivity index (χ1n) is 8.68. The van der Waals surface area contributed by atoms with Crippen LogP contribution in [0.15, 0.2) is 24.3 Å². The lowest BCUT2D eigenvalue weighted by atomic mass is 9.97. The number of Topliss-reactive ketones (excluding diaryl/α,β-unsaturated/α-hetero) is 1. The molecule has 1 heterocycles. The van der Waals surface area contributed by atoms with E-state index in [1.165, 1.54) is 6.92 Å². The highest BCUT2D eigenvalue weighted by Gasteiger charge is 2.30. The number of ketones is 1. The van der Waals surface area contributed by atoms with Crippen LogP contribution in [0.5, 0.6) is 5.75 Å². The summed E-state index contributed by atoms with van der Waals surface area (Å²) in [6, 6.07) is 6.72. The third kappa shape index (κ3) is 5.31. The summed E-state index contributed by atoms with van der Waals surface area (Å²) in [6.07, 6.45) is 2.59. The zero-order chi connectivity index (χ0) is 18.4. The summed E-state index contributed by atoms with van der Waals surface area (Å²) in [5.74, 6) is -0.562. The molecule has 6 nitrogen and oxygen atoms in total. The third-order valence-electron chi connectivity index (χ3n) is 4.50. The Morgan fingerprint density at radius 3 is 2.76 bits per heavy atom. The van der Waals surface area contributed by atoms with Crippen LogP contribution >= 0.6 is 0 Å². The van der Waals surface area contributed by atoms with Crippen LogP contribution in [-0.4, -0.2) is 46.4 Å². The summed E-state index contributed by atoms with van der Waals surface area (Å²) >= 11 is 0. The Bertz CT molecular complexity index is 642. The number of aliphatic carboxylic acids is 1. The Labute approximate surface area is 147 Å². The summed E-state index contributed by atoms with van der Waals surface area (Å²) < 4.78 is 5.73. The zero-order valence-corrected chi connectivity index (χ0v) is 14.7. The molecular formula is C19H25NO5. The maximum Gasteiger partial charge on any atom is 0.303 e. The molecule has 1 aromatic rings. The van der Waals surface area contributed by atoms with Crippen molar-refractivity contribution in [1.29, 1.82) is 0 Å². The van der Waals surface area contributed by atoms with Crippen molar-refractivity contribution in [3.63, 3.8) is 0 Å². The van der Waals surface area contributed by atoms with Crippen LogP contribution in [0, 0.1) is 0 Å². The number of carbonyl (C=O) groups excluding carboxylic acids is 2. The average Bonchev–Trinajstić information content (AvgIpc) is 2.59. The Morgan fingerprint density at radius 1 is 1.32 bits per heavy atom. The standard InChI is InChI=1S/C19H25NO5/c1-13(21)15-6-5-8-17(12-15)25-14(2)19(24)20-11-4-3-7-16(20)9-10-18(22)23/h5-6,8,12,14,16H,3-4,7,9-11H2,1-2H3,(H,22,23). The number of rotatable bonds is 7. The summed E-state index contributed by atoms with van der Waals surface area (Å²) in [5, 5.41) is 8.89. The van der Waals surface area contributed by atoms with E-state index in [2.05, 4.69) is 0 Å². The molecule has 0 bridgehead atoms. The molecule has 1 aromatic carbocycles. The van der Waals surface area contributed by atoms with Crippen molar-refractivity contribution in [3.8, 4) is 5.75 Å². The maximum absolute atomic E-state index is 12.8. The highest BCUT2D eigenvalue weighted by molar-refractivity contribution is 5.94. The number of nitrogens with zero attached hydrogens (tertiary/aromatic N) is 1. The number of carboxylic acid groups (broad SMARTS) is 1. The molecule has 1 fully saturated rings. The van der Waals surface area contributed by atoms with E-state index < -0.39 is 12.1 Å². The number of piperidine rings is 1. The minimum atomic E-state index is -0.844. The molecule has 0 aliphatic carbocycles. The van der Waals surface area contributed by atoms with E-state index in [1.807, 2.05) is 0 Å². The summed E-state index contributed by atoms with van der Waals surface area (Å²) in [7, 11) is 0. The molecule has 0 spiro atoms. The van der Waals surface area contributed by atoms with Crippen LogP contribution in [0.4, 0.5) is 0 Å². The van der Waals surface area contributed by atoms with Gasteiger partial charge in [-0.3, -0.25) is 14.4 Å². The van der Waals surface area contributed by atoms with E-state index in [9.17, 15) is 14.4 Å². The number of hydrogen-bond acceptors (Lipinski definition) is 4. The Balaban J connectivity index is 2.03. The second-order valence-electron chi connectivity index (χ2n) is 6.46. The largest absolute Gasteiger partial charge is 0.481 e. The molecule has 1 N–H and O–H groups in total. The second kappa shape index (κ2) is 8.65. The molecule has 2 unspecified atom stereocenters. The molecule has 136 valence electrons. The minimum Gasteiger partial charge on any atom is -0.481 e. The molecular weight excluding hydrogens is 322 g/mol. The van der Waals surface area contributed by atoms with E-state index in [-0.39, 0.29) is 24.2 Å². The summed E-state index contributed by atoms with van der Waals surface area (Å²) in [4.78, 5) is 36.8. The van der Waals surface area contributed by atoms with Gasteiger partial charge in [0.15, 0.2) is 11.9 Å². The molecule has 0 saturated carbocycles. The van der Waals surface area contributed by atoms with Gasteiger partial charge in [0.25, 0.3) is 5.91 Å². The quantitative estimate of drug-likeness (QED) is 0.767. The van der Waals surface area contributed by atoms with Crippen molar-refractivity contribution in [2.24, 2.45) is 0 Å². The third-order valence-corrected chi connectivity index (χ3v) is 4.50. The van der Waals surface area contributed by atoms with Gasteiger partial charge in [-0.15, -0.1) is 0 Å². The maximum atomic E-state index is 12.8. The van der Waals surface area contributed by atoms with Crippen LogP contribution in [0.25, 0.3) is 0 Å². The van der Waals surface area contributed by atoms with Gasteiger partial charge in [-0.1, -0.05) is 12.1 Å². The van der Waals surface area contributed by atoms with Crippen LogP contribution < -0.4 is 4.74 Å². The zero-order valence-electron chi connectivity index (χ0n) is 14.7. The number of hydrogen-bond donors (Lipinski definition) is 1. The highest BCUT2D eigenvalue weighted by Crippen LogP contribution is 2.23. The van der Waals surface area contributed by atoms with E-state index in [0.29, 0.717) is 24.3 Å². The van der Waals surface area contributed by atoms with Gasteiger partial charge in [0.1, 0.15) is 5.75 Å². The van der Waals surface area contributed by atoms with Gasteiger partial charge in [0, 0.05) is 24.6 Å². The average molecular weight is 347 g/mol. The SMILES string of the molecule is CC(=O)c1cccc(OC(C)C(=O)N2CCCCC2CCC(=O)O)c1. The molecule has 6 heteroatoms. The predicted molar refractivity (Wildman–Crippen MR) is 92.8 cm³/mol. The molecule has 2 rings (SSSR count). The van der Waals surface area contributed by atoms with Crippen molar-refractivity contribution >= 4 is 17.7 Å². The monoisotopic (exact) mass is 347 g/mol. The normalized spacial score (nSPS) is 18.5. The predicted octanol–water partition coefficient (Wildman–Crippen LogP) is 2.90. The molecule has 1 amide bonds. The Hall–Kier alpha value is -2.37. The van der Waals surface area contributed by atoms with Crippen molar-refractivity contribution in [1.82, 2.24) is 4.90 Å². The molecule has 1 saturated heterocycles. The number of amides is 1. The van der Waals surface area contributed by atoms with Gasteiger partial charge >= 0.3 is 5.97 Å². The van der Waals surface area contributed by atoms with Gasteiger partial charge < -0.3 is 14.7 Å². The van der Waals surface area contributed by atoms with Crippen molar-refractivity contribution in [3.05, 3.63) is 29.8 Å². The van der Waals surface area contributed by atoms with Crippen LogP contribution in [-0.2, 0) is 9.59 Å².